The zero-order valence-corrected chi connectivity index (χ0v) is 26.4. The molecular formula is C37H43N3O4. The SMILES string of the molecule is Cc1c(CC(C(=O)O)C(C)(C)C)cccc1NC(=O)C(c1ccc(Cn2nc(C)c3ccccc3c2=O)cc1)C1CCCC1. The lowest BCUT2D eigenvalue weighted by molar-refractivity contribution is -0.145. The van der Waals surface area contributed by atoms with Crippen molar-refractivity contribution in [2.24, 2.45) is 17.3 Å². The van der Waals surface area contributed by atoms with E-state index in [0.29, 0.717) is 18.4 Å². The molecule has 2 N–H and O–H groups in total. The van der Waals surface area contributed by atoms with Gasteiger partial charge in [0.2, 0.25) is 5.91 Å². The first-order chi connectivity index (χ1) is 20.9. The fourth-order valence-corrected chi connectivity index (χ4v) is 6.68. The van der Waals surface area contributed by atoms with Crippen LogP contribution in [0.3, 0.4) is 0 Å². The van der Waals surface area contributed by atoms with E-state index in [4.69, 9.17) is 0 Å². The average molecular weight is 594 g/mol. The Labute approximate surface area is 259 Å². The van der Waals surface area contributed by atoms with Gasteiger partial charge in [-0.3, -0.25) is 14.4 Å². The highest BCUT2D eigenvalue weighted by Gasteiger charge is 2.34. The fourth-order valence-electron chi connectivity index (χ4n) is 6.68. The van der Waals surface area contributed by atoms with Gasteiger partial charge in [0.05, 0.1) is 29.5 Å². The summed E-state index contributed by atoms with van der Waals surface area (Å²) >= 11 is 0. The van der Waals surface area contributed by atoms with Crippen LogP contribution < -0.4 is 10.9 Å². The summed E-state index contributed by atoms with van der Waals surface area (Å²) in [7, 11) is 0. The first kappa shape index (κ1) is 31.2. The summed E-state index contributed by atoms with van der Waals surface area (Å²) in [5.74, 6) is -1.46. The molecule has 3 aromatic carbocycles. The zero-order chi connectivity index (χ0) is 31.6. The zero-order valence-electron chi connectivity index (χ0n) is 26.4. The Kier molecular flexibility index (Phi) is 9.05. The van der Waals surface area contributed by atoms with Crippen LogP contribution >= 0.6 is 0 Å². The highest BCUT2D eigenvalue weighted by molar-refractivity contribution is 5.97. The predicted molar refractivity (Wildman–Crippen MR) is 175 cm³/mol. The third-order valence-corrected chi connectivity index (χ3v) is 9.35. The fraction of sp³-hybridized carbons (Fsp3) is 0.405. The number of carboxylic acids is 1. The van der Waals surface area contributed by atoms with Crippen molar-refractivity contribution >= 4 is 28.3 Å². The number of aryl methyl sites for hydroxylation is 1. The molecule has 0 saturated heterocycles. The number of anilines is 1. The Balaban J connectivity index is 1.38. The number of carboxylic acid groups (broad SMARTS) is 1. The second kappa shape index (κ2) is 12.8. The molecule has 7 heteroatoms. The van der Waals surface area contributed by atoms with E-state index in [9.17, 15) is 19.5 Å². The number of hydrogen-bond donors (Lipinski definition) is 2. The minimum atomic E-state index is -0.813. The number of aliphatic carboxylic acids is 1. The molecule has 0 radical (unpaired) electrons. The maximum absolute atomic E-state index is 14.0. The first-order valence-corrected chi connectivity index (χ1v) is 15.6. The van der Waals surface area contributed by atoms with Crippen molar-refractivity contribution in [3.05, 3.63) is 105 Å². The summed E-state index contributed by atoms with van der Waals surface area (Å²) < 4.78 is 1.51. The summed E-state index contributed by atoms with van der Waals surface area (Å²) in [4.78, 5) is 39.1. The van der Waals surface area contributed by atoms with Gasteiger partial charge in [-0.15, -0.1) is 0 Å². The molecule has 4 aromatic rings. The molecule has 1 fully saturated rings. The number of carbonyl (C=O) groups is 2. The Morgan fingerprint density at radius 3 is 2.25 bits per heavy atom. The number of benzene rings is 3. The number of carbonyl (C=O) groups excluding carboxylic acids is 1. The van der Waals surface area contributed by atoms with Gasteiger partial charge in [-0.25, -0.2) is 4.68 Å². The van der Waals surface area contributed by atoms with Crippen LogP contribution in [0, 0.1) is 31.1 Å². The molecule has 1 heterocycles. The maximum atomic E-state index is 14.0. The van der Waals surface area contributed by atoms with Crippen LogP contribution in [-0.4, -0.2) is 26.8 Å². The van der Waals surface area contributed by atoms with E-state index in [1.807, 2.05) is 101 Å². The lowest BCUT2D eigenvalue weighted by atomic mass is 9.76. The second-order valence-corrected chi connectivity index (χ2v) is 13.4. The molecule has 44 heavy (non-hydrogen) atoms. The van der Waals surface area contributed by atoms with Crippen LogP contribution in [-0.2, 0) is 22.6 Å². The van der Waals surface area contributed by atoms with E-state index in [1.165, 1.54) is 4.68 Å². The van der Waals surface area contributed by atoms with Crippen molar-refractivity contribution in [1.29, 1.82) is 0 Å². The monoisotopic (exact) mass is 593 g/mol. The van der Waals surface area contributed by atoms with Gasteiger partial charge in [-0.2, -0.15) is 5.10 Å². The number of fused-ring (bicyclic) bond motifs is 1. The molecule has 1 aromatic heterocycles. The maximum Gasteiger partial charge on any atom is 0.307 e. The van der Waals surface area contributed by atoms with E-state index in [-0.39, 0.29) is 23.3 Å². The van der Waals surface area contributed by atoms with E-state index >= 15 is 0 Å². The van der Waals surface area contributed by atoms with Crippen LogP contribution in [0.15, 0.2) is 71.5 Å². The number of rotatable bonds is 9. The first-order valence-electron chi connectivity index (χ1n) is 15.6. The molecule has 230 valence electrons. The normalized spacial score (nSPS) is 15.3. The Morgan fingerprint density at radius 1 is 0.955 bits per heavy atom. The molecule has 1 amide bonds. The lowest BCUT2D eigenvalue weighted by Gasteiger charge is -2.28. The predicted octanol–water partition coefficient (Wildman–Crippen LogP) is 7.26. The van der Waals surface area contributed by atoms with Crippen molar-refractivity contribution in [3.63, 3.8) is 0 Å². The second-order valence-electron chi connectivity index (χ2n) is 13.4. The molecule has 1 saturated carbocycles. The molecule has 2 atom stereocenters. The summed E-state index contributed by atoms with van der Waals surface area (Å²) in [5, 5.41) is 19.2. The van der Waals surface area contributed by atoms with Crippen LogP contribution in [0.25, 0.3) is 10.8 Å². The highest BCUT2D eigenvalue weighted by Crippen LogP contribution is 2.39. The summed E-state index contributed by atoms with van der Waals surface area (Å²) in [6.45, 7) is 10.1. The topological polar surface area (TPSA) is 101 Å². The third kappa shape index (κ3) is 6.62. The highest BCUT2D eigenvalue weighted by atomic mass is 16.4. The van der Waals surface area contributed by atoms with E-state index in [1.54, 1.807) is 0 Å². The number of hydrogen-bond acceptors (Lipinski definition) is 4. The van der Waals surface area contributed by atoms with Crippen molar-refractivity contribution in [1.82, 2.24) is 9.78 Å². The molecular weight excluding hydrogens is 550 g/mol. The van der Waals surface area contributed by atoms with Gasteiger partial charge >= 0.3 is 5.97 Å². The molecule has 1 aliphatic carbocycles. The van der Waals surface area contributed by atoms with Crippen LogP contribution in [0.2, 0.25) is 0 Å². The molecule has 7 nitrogen and oxygen atoms in total. The Morgan fingerprint density at radius 2 is 1.61 bits per heavy atom. The van der Waals surface area contributed by atoms with Gasteiger partial charge < -0.3 is 10.4 Å². The van der Waals surface area contributed by atoms with E-state index < -0.39 is 17.3 Å². The summed E-state index contributed by atoms with van der Waals surface area (Å²) in [6.07, 6.45) is 4.62. The van der Waals surface area contributed by atoms with E-state index in [0.717, 1.165) is 64.7 Å². The number of aromatic nitrogens is 2. The number of amides is 1. The van der Waals surface area contributed by atoms with E-state index in [2.05, 4.69) is 10.4 Å². The van der Waals surface area contributed by atoms with Gasteiger partial charge in [-0.05, 0) is 78.8 Å². The van der Waals surface area contributed by atoms with Crippen LogP contribution in [0.5, 0.6) is 0 Å². The van der Waals surface area contributed by atoms with Crippen molar-refractivity contribution in [2.75, 3.05) is 5.32 Å². The molecule has 1 aliphatic rings. The van der Waals surface area contributed by atoms with Crippen LogP contribution in [0.1, 0.15) is 80.3 Å². The lowest BCUT2D eigenvalue weighted by Crippen LogP contribution is -2.30. The minimum absolute atomic E-state index is 0.0430. The number of nitrogens with zero attached hydrogens (tertiary/aromatic N) is 2. The number of nitrogens with one attached hydrogen (secondary N) is 1. The quantitative estimate of drug-likeness (QED) is 0.213. The van der Waals surface area contributed by atoms with Gasteiger partial charge in [0.15, 0.2) is 0 Å². The molecule has 2 unspecified atom stereocenters. The standard InChI is InChI=1S/C37H43N3O4/c1-23-28(21-31(36(43)44)37(3,4)5)13-10-16-32(23)38-34(41)33(26-11-6-7-12-26)27-19-17-25(18-20-27)22-40-35(42)30-15-9-8-14-29(30)24(2)39-40/h8-10,13-20,26,31,33H,6-7,11-12,21-22H2,1-5H3,(H,38,41)(H,43,44). The molecule has 0 bridgehead atoms. The summed E-state index contributed by atoms with van der Waals surface area (Å²) in [6, 6.07) is 21.3. The van der Waals surface area contributed by atoms with Crippen LogP contribution in [0.4, 0.5) is 5.69 Å². The van der Waals surface area contributed by atoms with Gasteiger partial charge in [0.25, 0.3) is 5.56 Å². The van der Waals surface area contributed by atoms with Crippen molar-refractivity contribution in [3.8, 4) is 0 Å². The molecule has 5 rings (SSSR count). The summed E-state index contributed by atoms with van der Waals surface area (Å²) in [5.41, 5.74) is 4.76. The largest absolute Gasteiger partial charge is 0.481 e. The van der Waals surface area contributed by atoms with Gasteiger partial charge in [-0.1, -0.05) is 88.2 Å². The Bertz CT molecular complexity index is 1730. The average Bonchev–Trinajstić information content (AvgIpc) is 3.51. The molecule has 0 spiro atoms. The minimum Gasteiger partial charge on any atom is -0.481 e. The van der Waals surface area contributed by atoms with Gasteiger partial charge in [0, 0.05) is 11.1 Å². The van der Waals surface area contributed by atoms with Crippen molar-refractivity contribution < 1.29 is 14.7 Å². The molecule has 0 aliphatic heterocycles. The third-order valence-electron chi connectivity index (χ3n) is 9.35. The van der Waals surface area contributed by atoms with Crippen molar-refractivity contribution in [2.45, 2.75) is 79.2 Å². The Hall–Kier alpha value is -4.26. The smallest absolute Gasteiger partial charge is 0.307 e. The van der Waals surface area contributed by atoms with Gasteiger partial charge in [0.1, 0.15) is 0 Å².